The number of fused-ring (bicyclic) bond motifs is 1. The van der Waals surface area contributed by atoms with Crippen LogP contribution in [0.4, 0.5) is 5.13 Å². The van der Waals surface area contributed by atoms with Crippen molar-refractivity contribution in [1.82, 2.24) is 15.2 Å². The highest BCUT2D eigenvalue weighted by Gasteiger charge is 2.07. The van der Waals surface area contributed by atoms with Crippen LogP contribution in [0.1, 0.15) is 24.8 Å². The minimum absolute atomic E-state index is 0.202. The average molecular weight is 379 g/mol. The molecule has 0 fully saturated rings. The third-order valence-corrected chi connectivity index (χ3v) is 6.60. The van der Waals surface area contributed by atoms with Gasteiger partial charge in [0.15, 0.2) is 10.1 Å². The van der Waals surface area contributed by atoms with Crippen molar-refractivity contribution < 1.29 is 4.79 Å². The van der Waals surface area contributed by atoms with E-state index in [-0.39, 0.29) is 5.78 Å². The van der Waals surface area contributed by atoms with E-state index in [4.69, 9.17) is 0 Å². The summed E-state index contributed by atoms with van der Waals surface area (Å²) in [6.07, 6.45) is 2.30. The summed E-state index contributed by atoms with van der Waals surface area (Å²) in [5.41, 5.74) is 1.05. The second kappa shape index (κ2) is 8.55. The Labute approximate surface area is 152 Å². The van der Waals surface area contributed by atoms with Crippen molar-refractivity contribution in [2.75, 3.05) is 17.6 Å². The van der Waals surface area contributed by atoms with E-state index in [1.165, 1.54) is 16.0 Å². The molecule has 0 atom stereocenters. The molecular weight excluding hydrogens is 360 g/mol. The van der Waals surface area contributed by atoms with Crippen molar-refractivity contribution in [2.24, 2.45) is 0 Å². The quantitative estimate of drug-likeness (QED) is 0.443. The van der Waals surface area contributed by atoms with E-state index in [9.17, 15) is 4.79 Å². The van der Waals surface area contributed by atoms with Gasteiger partial charge in [-0.05, 0) is 25.0 Å². The third kappa shape index (κ3) is 4.75. The molecule has 1 aromatic carbocycles. The molecule has 3 aromatic rings. The smallest absolute Gasteiger partial charge is 0.206 e. The number of ketones is 1. The van der Waals surface area contributed by atoms with Crippen LogP contribution in [0.2, 0.25) is 0 Å². The number of benzene rings is 1. The number of anilines is 1. The summed E-state index contributed by atoms with van der Waals surface area (Å²) < 4.78 is 2.28. The van der Waals surface area contributed by atoms with Gasteiger partial charge in [0, 0.05) is 12.2 Å². The average Bonchev–Trinajstić information content (AvgIpc) is 3.22. The van der Waals surface area contributed by atoms with E-state index >= 15 is 0 Å². The molecule has 0 bridgehead atoms. The Morgan fingerprint density at radius 3 is 2.92 bits per heavy atom. The van der Waals surface area contributed by atoms with Gasteiger partial charge in [0.05, 0.1) is 16.8 Å². The number of hydrogen-bond donors (Lipinski definition) is 1. The molecular formula is C16H18N4OS3. The van der Waals surface area contributed by atoms with Crippen LogP contribution in [0.25, 0.3) is 10.2 Å². The molecule has 0 radical (unpaired) electrons. The van der Waals surface area contributed by atoms with E-state index in [1.54, 1.807) is 23.1 Å². The highest BCUT2D eigenvalue weighted by atomic mass is 32.2. The van der Waals surface area contributed by atoms with Gasteiger partial charge in [-0.1, -0.05) is 42.2 Å². The Bertz CT molecular complexity index is 781. The highest BCUT2D eigenvalue weighted by Crippen LogP contribution is 2.29. The van der Waals surface area contributed by atoms with Crippen molar-refractivity contribution >= 4 is 55.6 Å². The number of thiazole rings is 1. The van der Waals surface area contributed by atoms with Crippen LogP contribution in [0.3, 0.4) is 0 Å². The number of rotatable bonds is 9. The molecule has 0 aliphatic carbocycles. The predicted molar refractivity (Wildman–Crippen MR) is 102 cm³/mol. The van der Waals surface area contributed by atoms with Gasteiger partial charge in [0.1, 0.15) is 5.01 Å². The molecule has 126 valence electrons. The van der Waals surface area contributed by atoms with Gasteiger partial charge in [-0.2, -0.15) is 0 Å². The number of para-hydroxylation sites is 1. The molecule has 2 heterocycles. The lowest BCUT2D eigenvalue weighted by atomic mass is 10.2. The lowest BCUT2D eigenvalue weighted by molar-refractivity contribution is -0.117. The summed E-state index contributed by atoms with van der Waals surface area (Å²) in [5, 5.41) is 12.8. The molecule has 3 rings (SSSR count). The lowest BCUT2D eigenvalue weighted by Crippen LogP contribution is -2.13. The Hall–Kier alpha value is -1.51. The first-order chi connectivity index (χ1) is 11.7. The standard InChI is InChI=1S/C16H18N4OS3/c1-2-14-19-20-15(24-14)17-10-11(21)6-5-9-22-16-18-12-7-3-4-8-13(12)23-16/h3-4,7-8H,2,5-6,9-10H2,1H3,(H,17,20). The van der Waals surface area contributed by atoms with E-state index in [0.29, 0.717) is 13.0 Å². The van der Waals surface area contributed by atoms with Crippen molar-refractivity contribution in [3.63, 3.8) is 0 Å². The maximum Gasteiger partial charge on any atom is 0.206 e. The Morgan fingerprint density at radius 2 is 2.12 bits per heavy atom. The van der Waals surface area contributed by atoms with Crippen molar-refractivity contribution in [3.05, 3.63) is 29.3 Å². The molecule has 0 aliphatic rings. The lowest BCUT2D eigenvalue weighted by Gasteiger charge is -2.01. The zero-order chi connectivity index (χ0) is 16.8. The SMILES string of the molecule is CCc1nnc(NCC(=O)CCCSc2nc3ccccc3s2)s1. The minimum Gasteiger partial charge on any atom is -0.353 e. The number of aryl methyl sites for hydroxylation is 1. The van der Waals surface area contributed by atoms with Crippen LogP contribution in [0, 0.1) is 0 Å². The molecule has 0 spiro atoms. The van der Waals surface area contributed by atoms with E-state index < -0.39 is 0 Å². The largest absolute Gasteiger partial charge is 0.353 e. The van der Waals surface area contributed by atoms with Gasteiger partial charge < -0.3 is 5.32 Å². The second-order valence-corrected chi connectivity index (χ2v) is 8.58. The zero-order valence-electron chi connectivity index (χ0n) is 13.3. The second-order valence-electron chi connectivity index (χ2n) is 5.15. The first-order valence-corrected chi connectivity index (χ1v) is 10.4. The van der Waals surface area contributed by atoms with Crippen LogP contribution >= 0.6 is 34.4 Å². The topological polar surface area (TPSA) is 67.8 Å². The maximum absolute atomic E-state index is 11.9. The van der Waals surface area contributed by atoms with Gasteiger partial charge in [0.25, 0.3) is 0 Å². The van der Waals surface area contributed by atoms with Crippen molar-refractivity contribution in [2.45, 2.75) is 30.5 Å². The summed E-state index contributed by atoms with van der Waals surface area (Å²) in [4.78, 5) is 16.5. The molecule has 8 heteroatoms. The summed E-state index contributed by atoms with van der Waals surface area (Å²) in [5.74, 6) is 1.11. The number of carbonyl (C=O) groups is 1. The van der Waals surface area contributed by atoms with Crippen LogP contribution in [0.15, 0.2) is 28.6 Å². The number of Topliss-reactive ketones (excluding diaryl/α,β-unsaturated/α-hetero) is 1. The molecule has 1 N–H and O–H groups in total. The number of carbonyl (C=O) groups excluding carboxylic acids is 1. The van der Waals surface area contributed by atoms with Crippen LogP contribution < -0.4 is 5.32 Å². The summed E-state index contributed by atoms with van der Waals surface area (Å²) in [7, 11) is 0. The van der Waals surface area contributed by atoms with Crippen LogP contribution in [-0.4, -0.2) is 33.3 Å². The predicted octanol–water partition coefficient (Wildman–Crippen LogP) is 4.26. The van der Waals surface area contributed by atoms with Crippen LogP contribution in [0.5, 0.6) is 0 Å². The molecule has 0 unspecified atom stereocenters. The minimum atomic E-state index is 0.202. The summed E-state index contributed by atoms with van der Waals surface area (Å²) in [6, 6.07) is 8.15. The first kappa shape index (κ1) is 17.3. The number of aromatic nitrogens is 3. The van der Waals surface area contributed by atoms with Gasteiger partial charge in [-0.3, -0.25) is 4.79 Å². The number of nitrogens with one attached hydrogen (secondary N) is 1. The highest BCUT2D eigenvalue weighted by molar-refractivity contribution is 8.01. The van der Waals surface area contributed by atoms with E-state index in [1.807, 2.05) is 25.1 Å². The van der Waals surface area contributed by atoms with Gasteiger partial charge in [0.2, 0.25) is 5.13 Å². The van der Waals surface area contributed by atoms with E-state index in [2.05, 4.69) is 26.6 Å². The van der Waals surface area contributed by atoms with Gasteiger partial charge in [-0.25, -0.2) is 4.98 Å². The number of thioether (sulfide) groups is 1. The molecule has 0 amide bonds. The Balaban J connectivity index is 1.35. The maximum atomic E-state index is 11.9. The molecule has 0 saturated carbocycles. The van der Waals surface area contributed by atoms with Crippen LogP contribution in [-0.2, 0) is 11.2 Å². The van der Waals surface area contributed by atoms with Gasteiger partial charge >= 0.3 is 0 Å². The van der Waals surface area contributed by atoms with Crippen molar-refractivity contribution in [1.29, 1.82) is 0 Å². The summed E-state index contributed by atoms with van der Waals surface area (Å²) >= 11 is 4.94. The summed E-state index contributed by atoms with van der Waals surface area (Å²) in [6.45, 7) is 2.36. The number of hydrogen-bond acceptors (Lipinski definition) is 8. The molecule has 2 aromatic heterocycles. The fourth-order valence-corrected chi connectivity index (χ4v) is 4.83. The molecule has 24 heavy (non-hydrogen) atoms. The fraction of sp³-hybridized carbons (Fsp3) is 0.375. The molecule has 0 saturated heterocycles. The Morgan fingerprint density at radius 1 is 1.25 bits per heavy atom. The van der Waals surface area contributed by atoms with Crippen molar-refractivity contribution in [3.8, 4) is 0 Å². The normalized spacial score (nSPS) is 11.0. The molecule has 0 aliphatic heterocycles. The Kier molecular flexibility index (Phi) is 6.17. The first-order valence-electron chi connectivity index (χ1n) is 7.81. The third-order valence-electron chi connectivity index (χ3n) is 3.31. The monoisotopic (exact) mass is 378 g/mol. The fourth-order valence-electron chi connectivity index (χ4n) is 2.07. The van der Waals surface area contributed by atoms with Gasteiger partial charge in [-0.15, -0.1) is 21.5 Å². The zero-order valence-corrected chi connectivity index (χ0v) is 15.8. The number of nitrogens with zero attached hydrogens (tertiary/aromatic N) is 3. The van der Waals surface area contributed by atoms with E-state index in [0.717, 1.165) is 38.6 Å². The molecule has 5 nitrogen and oxygen atoms in total.